The number of benzene rings is 1. The zero-order valence-electron chi connectivity index (χ0n) is 24.5. The highest BCUT2D eigenvalue weighted by Crippen LogP contribution is 2.41. The Balaban J connectivity index is 0.998. The van der Waals surface area contributed by atoms with Gasteiger partial charge in [-0.2, -0.15) is 8.78 Å². The van der Waals surface area contributed by atoms with Crippen LogP contribution in [0.3, 0.4) is 0 Å². The first-order valence-corrected chi connectivity index (χ1v) is 15.9. The highest BCUT2D eigenvalue weighted by atomic mass is 19.3. The maximum atomic E-state index is 15.0. The van der Waals surface area contributed by atoms with Gasteiger partial charge in [-0.1, -0.05) is 45.4 Å². The van der Waals surface area contributed by atoms with E-state index in [1.54, 1.807) is 0 Å². The second-order valence-electron chi connectivity index (χ2n) is 12.8. The minimum Gasteiger partial charge on any atom is -0.352 e. The van der Waals surface area contributed by atoms with E-state index in [0.29, 0.717) is 50.7 Å². The zero-order valence-corrected chi connectivity index (χ0v) is 24.5. The number of ether oxygens (including phenoxy) is 5. The average molecular weight is 605 g/mol. The highest BCUT2D eigenvalue weighted by Gasteiger charge is 2.47. The van der Waals surface area contributed by atoms with Gasteiger partial charge in [-0.25, -0.2) is 13.2 Å². The smallest absolute Gasteiger partial charge is 0.352 e. The molecule has 238 valence electrons. The normalized spacial score (nSPS) is 34.8. The molecule has 2 heterocycles. The molecule has 4 aliphatic rings. The Morgan fingerprint density at radius 3 is 1.93 bits per heavy atom. The summed E-state index contributed by atoms with van der Waals surface area (Å²) in [6.45, 7) is 2.81. The third kappa shape index (κ3) is 8.03. The topological polar surface area (TPSA) is 46.2 Å². The molecule has 5 nitrogen and oxygen atoms in total. The number of hydrogen-bond acceptors (Lipinski definition) is 5. The summed E-state index contributed by atoms with van der Waals surface area (Å²) < 4.78 is 98.4. The van der Waals surface area contributed by atoms with Crippen molar-refractivity contribution in [3.63, 3.8) is 0 Å². The second-order valence-corrected chi connectivity index (χ2v) is 12.8. The molecular formula is C32H45F5O5. The fraction of sp³-hybridized carbons (Fsp3) is 0.812. The number of alkyl halides is 2. The van der Waals surface area contributed by atoms with E-state index in [9.17, 15) is 22.0 Å². The summed E-state index contributed by atoms with van der Waals surface area (Å²) in [6, 6.07) is 1.47. The van der Waals surface area contributed by atoms with E-state index in [1.165, 1.54) is 51.4 Å². The van der Waals surface area contributed by atoms with Crippen LogP contribution in [0.15, 0.2) is 12.1 Å². The maximum Gasteiger partial charge on any atom is 0.363 e. The van der Waals surface area contributed by atoms with E-state index < -0.39 is 55.1 Å². The molecule has 4 fully saturated rings. The van der Waals surface area contributed by atoms with Gasteiger partial charge in [-0.3, -0.25) is 0 Å². The van der Waals surface area contributed by atoms with Crippen molar-refractivity contribution < 1.29 is 45.6 Å². The van der Waals surface area contributed by atoms with Crippen LogP contribution in [0.1, 0.15) is 95.8 Å². The van der Waals surface area contributed by atoms with Gasteiger partial charge in [0, 0.05) is 17.4 Å². The molecule has 2 saturated heterocycles. The van der Waals surface area contributed by atoms with Crippen LogP contribution in [0.25, 0.3) is 0 Å². The fourth-order valence-electron chi connectivity index (χ4n) is 7.11. The fourth-order valence-corrected chi connectivity index (χ4v) is 7.11. The third-order valence-corrected chi connectivity index (χ3v) is 9.80. The predicted molar refractivity (Wildman–Crippen MR) is 145 cm³/mol. The molecule has 0 atom stereocenters. The zero-order chi connectivity index (χ0) is 29.7. The summed E-state index contributed by atoms with van der Waals surface area (Å²) in [7, 11) is 0. The van der Waals surface area contributed by atoms with Gasteiger partial charge in [-0.15, -0.1) is 0 Å². The Morgan fingerprint density at radius 2 is 1.33 bits per heavy atom. The first-order valence-electron chi connectivity index (χ1n) is 15.9. The summed E-state index contributed by atoms with van der Waals surface area (Å²) in [4.78, 5) is 0. The van der Waals surface area contributed by atoms with Crippen molar-refractivity contribution in [3.8, 4) is 0 Å². The lowest BCUT2D eigenvalue weighted by atomic mass is 9.74. The number of hydrogen-bond donors (Lipinski definition) is 0. The van der Waals surface area contributed by atoms with E-state index in [-0.39, 0.29) is 17.8 Å². The van der Waals surface area contributed by atoms with Gasteiger partial charge < -0.3 is 23.7 Å². The maximum absolute atomic E-state index is 15.0. The molecule has 0 radical (unpaired) electrons. The largest absolute Gasteiger partial charge is 0.363 e. The van der Waals surface area contributed by atoms with Gasteiger partial charge in [0.05, 0.1) is 38.4 Å². The van der Waals surface area contributed by atoms with Gasteiger partial charge in [0.15, 0.2) is 30.0 Å². The van der Waals surface area contributed by atoms with Gasteiger partial charge in [0.25, 0.3) is 0 Å². The molecule has 2 aliphatic heterocycles. The SMILES string of the molecule is CCCCCC1CCC(C2COC(C3CCC(OC(F)(F)C4COC(c5cc(F)c(F)c(F)c5)OC4)CC3)OC2)CC1. The molecular weight excluding hydrogens is 559 g/mol. The Hall–Kier alpha value is -1.33. The van der Waals surface area contributed by atoms with E-state index in [1.807, 2.05) is 0 Å². The monoisotopic (exact) mass is 604 g/mol. The van der Waals surface area contributed by atoms with Crippen LogP contribution in [0.2, 0.25) is 0 Å². The molecule has 1 aromatic carbocycles. The lowest BCUT2D eigenvalue weighted by molar-refractivity contribution is -0.339. The Kier molecular flexibility index (Phi) is 11.2. The van der Waals surface area contributed by atoms with Crippen LogP contribution in [-0.4, -0.2) is 44.9 Å². The Bertz CT molecular complexity index is 957. The van der Waals surface area contributed by atoms with Crippen LogP contribution in [0.5, 0.6) is 0 Å². The minimum atomic E-state index is -3.50. The Morgan fingerprint density at radius 1 is 0.738 bits per heavy atom. The predicted octanol–water partition coefficient (Wildman–Crippen LogP) is 8.31. The molecule has 0 amide bonds. The van der Waals surface area contributed by atoms with Crippen molar-refractivity contribution in [3.05, 3.63) is 35.1 Å². The molecule has 42 heavy (non-hydrogen) atoms. The molecule has 5 rings (SSSR count). The summed E-state index contributed by atoms with van der Waals surface area (Å²) in [5, 5.41) is 0. The standard InChI is InChI=1S/C32H45F5O5/c1-2-3-4-5-20-6-8-21(9-7-20)24-16-38-30(39-17-24)22-10-12-26(13-11-22)42-32(36,37)25-18-40-31(41-19-25)23-14-27(33)29(35)28(34)15-23/h14-15,20-22,24-26,30-31H,2-13,16-19H2,1H3. The van der Waals surface area contributed by atoms with Crippen molar-refractivity contribution in [2.75, 3.05) is 26.4 Å². The summed E-state index contributed by atoms with van der Waals surface area (Å²) in [5.74, 6) is -3.65. The van der Waals surface area contributed by atoms with Crippen molar-refractivity contribution in [2.45, 2.75) is 109 Å². The van der Waals surface area contributed by atoms with Crippen LogP contribution < -0.4 is 0 Å². The van der Waals surface area contributed by atoms with Crippen LogP contribution >= 0.6 is 0 Å². The van der Waals surface area contributed by atoms with Crippen molar-refractivity contribution in [2.24, 2.45) is 29.6 Å². The number of unbranched alkanes of at least 4 members (excludes halogenated alkanes) is 2. The van der Waals surface area contributed by atoms with Crippen molar-refractivity contribution in [1.29, 1.82) is 0 Å². The number of halogens is 5. The number of rotatable bonds is 10. The molecule has 2 aliphatic carbocycles. The molecule has 0 aromatic heterocycles. The summed E-state index contributed by atoms with van der Waals surface area (Å²) >= 11 is 0. The van der Waals surface area contributed by atoms with E-state index in [4.69, 9.17) is 23.7 Å². The molecule has 10 heteroatoms. The Labute approximate surface area is 245 Å². The minimum absolute atomic E-state index is 0.115. The molecule has 0 unspecified atom stereocenters. The van der Waals surface area contributed by atoms with Gasteiger partial charge >= 0.3 is 6.11 Å². The van der Waals surface area contributed by atoms with E-state index in [0.717, 1.165) is 18.1 Å². The lowest BCUT2D eigenvalue weighted by Gasteiger charge is -2.41. The second kappa shape index (κ2) is 14.6. The van der Waals surface area contributed by atoms with Gasteiger partial charge in [0.1, 0.15) is 0 Å². The van der Waals surface area contributed by atoms with E-state index in [2.05, 4.69) is 6.92 Å². The molecule has 0 N–H and O–H groups in total. The average Bonchev–Trinajstić information content (AvgIpc) is 3.00. The van der Waals surface area contributed by atoms with Gasteiger partial charge in [-0.05, 0) is 62.5 Å². The lowest BCUT2D eigenvalue weighted by Crippen LogP contribution is -2.45. The molecule has 2 saturated carbocycles. The molecule has 1 aromatic rings. The summed E-state index contributed by atoms with van der Waals surface area (Å²) in [5.41, 5.74) is -0.115. The van der Waals surface area contributed by atoms with Crippen molar-refractivity contribution >= 4 is 0 Å². The van der Waals surface area contributed by atoms with Crippen LogP contribution in [0.4, 0.5) is 22.0 Å². The highest BCUT2D eigenvalue weighted by molar-refractivity contribution is 5.20. The van der Waals surface area contributed by atoms with Crippen LogP contribution in [-0.2, 0) is 23.7 Å². The van der Waals surface area contributed by atoms with Crippen molar-refractivity contribution in [1.82, 2.24) is 0 Å². The first-order chi connectivity index (χ1) is 20.2. The first kappa shape index (κ1) is 32.1. The van der Waals surface area contributed by atoms with Crippen LogP contribution in [0, 0.1) is 47.0 Å². The summed E-state index contributed by atoms with van der Waals surface area (Å²) in [6.07, 6.45) is 7.12. The molecule has 0 spiro atoms. The quantitative estimate of drug-likeness (QED) is 0.153. The van der Waals surface area contributed by atoms with Gasteiger partial charge in [0.2, 0.25) is 0 Å². The molecule has 0 bridgehead atoms. The third-order valence-electron chi connectivity index (χ3n) is 9.80. The van der Waals surface area contributed by atoms with E-state index >= 15 is 0 Å².